The fourth-order valence-electron chi connectivity index (χ4n) is 10.1. The molecule has 2 aliphatic carbocycles. The lowest BCUT2D eigenvalue weighted by Crippen LogP contribution is -2.61. The van der Waals surface area contributed by atoms with Crippen molar-refractivity contribution in [3.8, 4) is 0 Å². The molecule has 0 saturated carbocycles. The number of anilines is 6. The molecule has 0 amide bonds. The zero-order valence-corrected chi connectivity index (χ0v) is 35.7. The first-order valence-corrected chi connectivity index (χ1v) is 21.2. The highest BCUT2D eigenvalue weighted by atomic mass is 15.2. The summed E-state index contributed by atoms with van der Waals surface area (Å²) >= 11 is 0. The summed E-state index contributed by atoms with van der Waals surface area (Å²) in [6.45, 7) is 28.5. The van der Waals surface area contributed by atoms with E-state index in [1.54, 1.807) is 22.3 Å². The van der Waals surface area contributed by atoms with Crippen molar-refractivity contribution in [3.05, 3.63) is 123 Å². The highest BCUT2D eigenvalue weighted by Gasteiger charge is 2.45. The first-order valence-electron chi connectivity index (χ1n) is 21.2. The maximum Gasteiger partial charge on any atom is 0.252 e. The van der Waals surface area contributed by atoms with Gasteiger partial charge in [-0.2, -0.15) is 0 Å². The Labute approximate surface area is 332 Å². The molecule has 2 heterocycles. The third-order valence-corrected chi connectivity index (χ3v) is 13.3. The predicted molar refractivity (Wildman–Crippen MR) is 239 cm³/mol. The van der Waals surface area contributed by atoms with Gasteiger partial charge in [0.05, 0.1) is 5.69 Å². The lowest BCUT2D eigenvalue weighted by molar-refractivity contribution is 0.568. The van der Waals surface area contributed by atoms with Gasteiger partial charge in [0.1, 0.15) is 0 Å². The summed E-state index contributed by atoms with van der Waals surface area (Å²) in [4.78, 5) is 5.40. The fourth-order valence-corrected chi connectivity index (χ4v) is 10.1. The summed E-state index contributed by atoms with van der Waals surface area (Å²) in [5.41, 5.74) is 24.4. The van der Waals surface area contributed by atoms with Crippen LogP contribution in [0.4, 0.5) is 34.1 Å². The maximum absolute atomic E-state index is 2.76. The lowest BCUT2D eigenvalue weighted by atomic mass is 9.33. The Morgan fingerprint density at radius 1 is 0.436 bits per heavy atom. The van der Waals surface area contributed by atoms with Crippen molar-refractivity contribution in [2.24, 2.45) is 0 Å². The summed E-state index contributed by atoms with van der Waals surface area (Å²) < 4.78 is 0. The van der Waals surface area contributed by atoms with Crippen molar-refractivity contribution < 1.29 is 0 Å². The number of aryl methyl sites for hydroxylation is 2. The number of rotatable bonds is 2. The number of hydrogen-bond donors (Lipinski definition) is 0. The molecular weight excluding hydrogens is 663 g/mol. The quantitative estimate of drug-likeness (QED) is 0.164. The van der Waals surface area contributed by atoms with Crippen LogP contribution < -0.4 is 26.2 Å². The largest absolute Gasteiger partial charge is 0.311 e. The summed E-state index contributed by atoms with van der Waals surface area (Å²) in [7, 11) is 0. The molecule has 282 valence electrons. The molecule has 3 heteroatoms. The topological polar surface area (TPSA) is 6.48 Å². The van der Waals surface area contributed by atoms with E-state index in [0.29, 0.717) is 0 Å². The Morgan fingerprint density at radius 2 is 0.891 bits per heavy atom. The van der Waals surface area contributed by atoms with Crippen LogP contribution in [0.1, 0.15) is 140 Å². The van der Waals surface area contributed by atoms with E-state index in [1.807, 2.05) is 0 Å². The molecule has 0 radical (unpaired) electrons. The van der Waals surface area contributed by atoms with Crippen LogP contribution in [0, 0.1) is 0 Å². The Morgan fingerprint density at radius 3 is 1.36 bits per heavy atom. The Kier molecular flexibility index (Phi) is 8.03. The van der Waals surface area contributed by atoms with Crippen LogP contribution in [0.25, 0.3) is 0 Å². The van der Waals surface area contributed by atoms with Gasteiger partial charge in [0.2, 0.25) is 0 Å². The maximum atomic E-state index is 2.76. The van der Waals surface area contributed by atoms with Crippen molar-refractivity contribution in [3.63, 3.8) is 0 Å². The van der Waals surface area contributed by atoms with E-state index < -0.39 is 0 Å². The van der Waals surface area contributed by atoms with Gasteiger partial charge in [0.15, 0.2) is 0 Å². The molecule has 5 aromatic carbocycles. The van der Waals surface area contributed by atoms with Crippen molar-refractivity contribution in [1.82, 2.24) is 0 Å². The van der Waals surface area contributed by atoms with Gasteiger partial charge in [-0.25, -0.2) is 0 Å². The molecule has 55 heavy (non-hydrogen) atoms. The van der Waals surface area contributed by atoms with E-state index in [4.69, 9.17) is 0 Å². The second-order valence-electron chi connectivity index (χ2n) is 21.3. The molecule has 0 atom stereocenters. The Balaban J connectivity index is 1.41. The van der Waals surface area contributed by atoms with E-state index in [0.717, 1.165) is 0 Å². The van der Waals surface area contributed by atoms with Crippen molar-refractivity contribution in [2.45, 2.75) is 143 Å². The number of benzene rings is 5. The van der Waals surface area contributed by atoms with Crippen LogP contribution in [0.3, 0.4) is 0 Å². The van der Waals surface area contributed by atoms with Crippen LogP contribution in [-0.2, 0) is 47.3 Å². The average molecular weight is 725 g/mol. The van der Waals surface area contributed by atoms with Crippen LogP contribution in [-0.4, -0.2) is 6.71 Å². The van der Waals surface area contributed by atoms with Crippen molar-refractivity contribution in [1.29, 1.82) is 0 Å². The monoisotopic (exact) mass is 724 g/mol. The van der Waals surface area contributed by atoms with Gasteiger partial charge in [-0.1, -0.05) is 126 Å². The highest BCUT2D eigenvalue weighted by Crippen LogP contribution is 2.50. The minimum Gasteiger partial charge on any atom is -0.311 e. The van der Waals surface area contributed by atoms with E-state index >= 15 is 0 Å². The van der Waals surface area contributed by atoms with Gasteiger partial charge in [-0.3, -0.25) is 0 Å². The normalized spacial score (nSPS) is 16.2. The van der Waals surface area contributed by atoms with Gasteiger partial charge in [0.25, 0.3) is 6.71 Å². The third kappa shape index (κ3) is 5.81. The van der Waals surface area contributed by atoms with Gasteiger partial charge in [0, 0.05) is 28.4 Å². The van der Waals surface area contributed by atoms with Crippen LogP contribution in [0.2, 0.25) is 0 Å². The minimum absolute atomic E-state index is 0.0104. The smallest absolute Gasteiger partial charge is 0.252 e. The van der Waals surface area contributed by atoms with E-state index in [2.05, 4.69) is 172 Å². The van der Waals surface area contributed by atoms with Crippen molar-refractivity contribution >= 4 is 57.2 Å². The van der Waals surface area contributed by atoms with Crippen LogP contribution >= 0.6 is 0 Å². The fraction of sp³-hybridized carbons (Fsp3) is 0.423. The first-order chi connectivity index (χ1) is 25.8. The highest BCUT2D eigenvalue weighted by molar-refractivity contribution is 7.00. The second kappa shape index (κ2) is 12.1. The average Bonchev–Trinajstić information content (AvgIpc) is 3.78. The van der Waals surface area contributed by atoms with E-state index in [9.17, 15) is 0 Å². The first kappa shape index (κ1) is 36.4. The molecule has 0 fully saturated rings. The molecule has 2 aliphatic heterocycles. The summed E-state index contributed by atoms with van der Waals surface area (Å²) in [6, 6.07) is 32.2. The van der Waals surface area contributed by atoms with E-state index in [-0.39, 0.29) is 28.4 Å². The molecule has 9 rings (SSSR count). The molecule has 0 unspecified atom stereocenters. The molecule has 0 bridgehead atoms. The third-order valence-electron chi connectivity index (χ3n) is 13.3. The lowest BCUT2D eigenvalue weighted by Gasteiger charge is -2.45. The SMILES string of the molecule is CC(C)(C)c1cc(N2c3ccc(C(C)(C)C)cc3B3c4cc(C(C)(C)C)ccc4N(c4c5c(cc6c4CCC6)CCC5)c4cccc2c43)cc(C(C)(C)C)c1. The zero-order chi connectivity index (χ0) is 39.0. The van der Waals surface area contributed by atoms with Gasteiger partial charge >= 0.3 is 0 Å². The molecule has 0 N–H and O–H groups in total. The number of nitrogens with zero attached hydrogens (tertiary/aromatic N) is 2. The zero-order valence-electron chi connectivity index (χ0n) is 35.7. The molecular formula is C52H61BN2. The standard InChI is InChI=1S/C52H61BN2/c1-49(2,3)34-22-24-43-41(30-34)53-42-31-35(50(4,5)6)23-25-44(42)55(48-39-18-13-16-32(39)26-33-17-14-19-40(33)48)46-21-15-20-45(47(46)53)54(43)38-28-36(51(7,8)9)27-37(29-38)52(10,11)12/h15,20-31H,13-14,16-19H2,1-12H3. The van der Waals surface area contributed by atoms with Gasteiger partial charge < -0.3 is 9.80 Å². The second-order valence-corrected chi connectivity index (χ2v) is 21.3. The molecule has 5 aromatic rings. The predicted octanol–water partition coefficient (Wildman–Crippen LogP) is 11.9. The molecule has 0 spiro atoms. The number of hydrogen-bond acceptors (Lipinski definition) is 2. The Bertz CT molecular complexity index is 2320. The van der Waals surface area contributed by atoms with Crippen LogP contribution in [0.5, 0.6) is 0 Å². The molecule has 0 aromatic heterocycles. The summed E-state index contributed by atoms with van der Waals surface area (Å²) in [6.07, 6.45) is 7.24. The van der Waals surface area contributed by atoms with Crippen molar-refractivity contribution in [2.75, 3.05) is 9.80 Å². The van der Waals surface area contributed by atoms with Crippen LogP contribution in [0.15, 0.2) is 78.9 Å². The van der Waals surface area contributed by atoms with Gasteiger partial charge in [-0.15, -0.1) is 0 Å². The molecule has 4 aliphatic rings. The summed E-state index contributed by atoms with van der Waals surface area (Å²) in [5.74, 6) is 0. The summed E-state index contributed by atoms with van der Waals surface area (Å²) in [5, 5.41) is 0. The number of fused-ring (bicyclic) bond motifs is 6. The minimum atomic E-state index is 0.0104. The molecule has 0 saturated heterocycles. The Hall–Kier alpha value is -4.24. The van der Waals surface area contributed by atoms with Gasteiger partial charge in [-0.05, 0) is 157 Å². The van der Waals surface area contributed by atoms with E-state index in [1.165, 1.54) is 111 Å². The molecule has 2 nitrogen and oxygen atoms in total.